The van der Waals surface area contributed by atoms with Crippen LogP contribution in [0, 0.1) is 0 Å². The van der Waals surface area contributed by atoms with Crippen molar-refractivity contribution >= 4 is 17.8 Å². The zero-order valence-corrected chi connectivity index (χ0v) is 39.2. The SMILES string of the molecule is CCCCCCCCCCCCCCCCCCOC(=O)CON(C)[C@@H]1O[C@H](CO)[C@@H](O[C@@H]2O[C@H](CO)[C@H](O)[C@H](O[C@]3(C(=O)O)C[C@H](O)[C@@H](NC(C)=O)[C@H]([C@H](O)[C@H](O)CO)O3)[C@H]2O)[C@H](O)[C@H]1O. The lowest BCUT2D eigenvalue weighted by Crippen LogP contribution is -2.71. The maximum absolute atomic E-state index is 12.8. The summed E-state index contributed by atoms with van der Waals surface area (Å²) >= 11 is 0. The van der Waals surface area contributed by atoms with Gasteiger partial charge in [0.1, 0.15) is 67.1 Å². The normalized spacial score (nSPS) is 33.3. The number of aliphatic carboxylic acids is 1. The van der Waals surface area contributed by atoms with Gasteiger partial charge in [0.05, 0.1) is 38.6 Å². The van der Waals surface area contributed by atoms with Crippen LogP contribution in [0.25, 0.3) is 0 Å². The molecule has 0 aliphatic carbocycles. The number of hydrogen-bond acceptors (Lipinski definition) is 21. The van der Waals surface area contributed by atoms with Crippen molar-refractivity contribution in [2.24, 2.45) is 0 Å². The summed E-state index contributed by atoms with van der Waals surface area (Å²) < 4.78 is 33.6. The molecule has 392 valence electrons. The highest BCUT2D eigenvalue weighted by molar-refractivity contribution is 5.76. The summed E-state index contributed by atoms with van der Waals surface area (Å²) in [5.74, 6) is -6.49. The van der Waals surface area contributed by atoms with Crippen LogP contribution in [0.3, 0.4) is 0 Å². The number of esters is 1. The van der Waals surface area contributed by atoms with E-state index in [-0.39, 0.29) is 6.61 Å². The number of amides is 1. The van der Waals surface area contributed by atoms with Crippen molar-refractivity contribution in [3.8, 4) is 0 Å². The predicted octanol–water partition coefficient (Wildman–Crippen LogP) is -1.55. The number of hydroxylamine groups is 2. The molecule has 3 fully saturated rings. The van der Waals surface area contributed by atoms with Crippen molar-refractivity contribution in [3.05, 3.63) is 0 Å². The molecule has 23 heteroatoms. The van der Waals surface area contributed by atoms with Gasteiger partial charge in [0.2, 0.25) is 5.91 Å². The van der Waals surface area contributed by atoms with Crippen LogP contribution in [-0.4, -0.2) is 217 Å². The predicted molar refractivity (Wildman–Crippen MR) is 232 cm³/mol. The molecule has 67 heavy (non-hydrogen) atoms. The summed E-state index contributed by atoms with van der Waals surface area (Å²) in [5.41, 5.74) is 0. The van der Waals surface area contributed by atoms with E-state index in [1.807, 2.05) is 0 Å². The van der Waals surface area contributed by atoms with Crippen LogP contribution >= 0.6 is 0 Å². The lowest BCUT2D eigenvalue weighted by Gasteiger charge is -2.51. The molecule has 3 heterocycles. The minimum absolute atomic E-state index is 0.191. The van der Waals surface area contributed by atoms with E-state index in [1.54, 1.807) is 0 Å². The molecular formula is C44H80N2O21. The Labute approximate surface area is 392 Å². The van der Waals surface area contributed by atoms with Gasteiger partial charge in [0.25, 0.3) is 5.79 Å². The van der Waals surface area contributed by atoms with E-state index in [4.69, 9.17) is 33.3 Å². The van der Waals surface area contributed by atoms with Gasteiger partial charge in [0, 0.05) is 20.4 Å². The molecule has 16 atom stereocenters. The van der Waals surface area contributed by atoms with Crippen molar-refractivity contribution in [3.63, 3.8) is 0 Å². The number of carboxylic acid groups (broad SMARTS) is 1. The summed E-state index contributed by atoms with van der Waals surface area (Å²) in [6, 6.07) is -1.56. The number of aliphatic hydroxyl groups is 10. The van der Waals surface area contributed by atoms with Crippen LogP contribution in [0.5, 0.6) is 0 Å². The van der Waals surface area contributed by atoms with Gasteiger partial charge >= 0.3 is 11.9 Å². The Morgan fingerprint density at radius 2 is 1.30 bits per heavy atom. The third-order valence-electron chi connectivity index (χ3n) is 12.5. The smallest absolute Gasteiger partial charge is 0.364 e. The largest absolute Gasteiger partial charge is 0.477 e. The summed E-state index contributed by atoms with van der Waals surface area (Å²) in [4.78, 5) is 42.6. The number of unbranched alkanes of at least 4 members (excludes halogenated alkanes) is 15. The quantitative estimate of drug-likeness (QED) is 0.0206. The highest BCUT2D eigenvalue weighted by Crippen LogP contribution is 2.38. The van der Waals surface area contributed by atoms with E-state index in [0.29, 0.717) is 6.42 Å². The number of aliphatic hydroxyl groups excluding tert-OH is 10. The van der Waals surface area contributed by atoms with E-state index in [9.17, 15) is 70.6 Å². The molecule has 0 radical (unpaired) electrons. The molecule has 0 aromatic heterocycles. The molecule has 1 amide bonds. The highest BCUT2D eigenvalue weighted by Gasteiger charge is 2.60. The van der Waals surface area contributed by atoms with Gasteiger partial charge in [-0.2, -0.15) is 5.06 Å². The molecular weight excluding hydrogens is 892 g/mol. The molecule has 3 aliphatic rings. The van der Waals surface area contributed by atoms with Crippen molar-refractivity contribution in [2.45, 2.75) is 221 Å². The maximum atomic E-state index is 12.8. The minimum Gasteiger partial charge on any atom is -0.477 e. The van der Waals surface area contributed by atoms with Gasteiger partial charge in [-0.15, -0.1) is 0 Å². The monoisotopic (exact) mass is 973 g/mol. The molecule has 0 saturated carbocycles. The Morgan fingerprint density at radius 3 is 1.81 bits per heavy atom. The standard InChI is InChI=1S/C44H80N2O21/c1-4-5-6-7-8-9-10-11-12-13-14-15-16-17-18-19-20-61-31(53)25-62-46(3)41-36(57)35(56)38(30(24-49)63-41)65-42-37(58)40(34(55)29(23-48)64-42)67-44(43(59)60)21-27(51)32(45-26(2)50)39(66-44)33(54)28(52)22-47/h27-30,32-42,47-49,51-52,54-58H,4-25H2,1-3H3,(H,45,50)(H,59,60)/t27-,28+,29+,30+,32+,33+,34-,35+,36+,37+,38+,39+,40-,41+,42-,44-/m0/s1. The molecule has 3 aliphatic heterocycles. The first-order valence-electron chi connectivity index (χ1n) is 23.9. The molecule has 12 N–H and O–H groups in total. The minimum atomic E-state index is -3.06. The molecule has 0 spiro atoms. The lowest BCUT2D eigenvalue weighted by atomic mass is 9.88. The Hall–Kier alpha value is -2.27. The molecule has 23 nitrogen and oxygen atoms in total. The van der Waals surface area contributed by atoms with Gasteiger partial charge in [-0.1, -0.05) is 103 Å². The molecule has 0 aromatic carbocycles. The van der Waals surface area contributed by atoms with Gasteiger partial charge in [-0.25, -0.2) is 9.59 Å². The second kappa shape index (κ2) is 30.5. The summed E-state index contributed by atoms with van der Waals surface area (Å²) in [6.07, 6.45) is -8.32. The summed E-state index contributed by atoms with van der Waals surface area (Å²) in [5, 5.41) is 120. The van der Waals surface area contributed by atoms with Crippen molar-refractivity contribution in [2.75, 3.05) is 40.1 Å². The molecule has 0 aromatic rings. The van der Waals surface area contributed by atoms with Gasteiger partial charge in [-0.3, -0.25) is 9.63 Å². The summed E-state index contributed by atoms with van der Waals surface area (Å²) in [7, 11) is 1.29. The van der Waals surface area contributed by atoms with Crippen LogP contribution in [0.4, 0.5) is 0 Å². The fourth-order valence-electron chi connectivity index (χ4n) is 8.57. The zero-order valence-electron chi connectivity index (χ0n) is 39.2. The number of carbonyl (C=O) groups excluding carboxylic acids is 2. The topological polar surface area (TPSA) is 354 Å². The van der Waals surface area contributed by atoms with Gasteiger partial charge in [-0.05, 0) is 6.42 Å². The van der Waals surface area contributed by atoms with Crippen LogP contribution in [0.15, 0.2) is 0 Å². The molecule has 0 bridgehead atoms. The van der Waals surface area contributed by atoms with Crippen LogP contribution in [0.1, 0.15) is 123 Å². The number of nitrogens with one attached hydrogen (secondary N) is 1. The van der Waals surface area contributed by atoms with Gasteiger partial charge < -0.3 is 89.9 Å². The first-order valence-corrected chi connectivity index (χ1v) is 23.9. The number of carbonyl (C=O) groups is 3. The average Bonchev–Trinajstić information content (AvgIpc) is 3.30. The maximum Gasteiger partial charge on any atom is 0.364 e. The third kappa shape index (κ3) is 17.8. The average molecular weight is 973 g/mol. The number of carboxylic acids is 1. The van der Waals surface area contributed by atoms with E-state index in [0.717, 1.165) is 31.2 Å². The zero-order chi connectivity index (χ0) is 49.7. The van der Waals surface area contributed by atoms with Crippen LogP contribution < -0.4 is 5.32 Å². The molecule has 0 unspecified atom stereocenters. The third-order valence-corrected chi connectivity index (χ3v) is 12.5. The second-order valence-corrected chi connectivity index (χ2v) is 17.8. The van der Waals surface area contributed by atoms with Crippen molar-refractivity contribution in [1.82, 2.24) is 10.4 Å². The Bertz CT molecular complexity index is 1420. The van der Waals surface area contributed by atoms with Gasteiger partial charge in [0.15, 0.2) is 19.1 Å². The number of nitrogens with zero attached hydrogens (tertiary/aromatic N) is 1. The first kappa shape index (κ1) is 59.0. The fraction of sp³-hybridized carbons (Fsp3) is 0.932. The van der Waals surface area contributed by atoms with Crippen molar-refractivity contribution < 1.29 is 104 Å². The van der Waals surface area contributed by atoms with Crippen LogP contribution in [0.2, 0.25) is 0 Å². The number of ether oxygens (including phenoxy) is 6. The fourth-order valence-corrected chi connectivity index (χ4v) is 8.57. The van der Waals surface area contributed by atoms with E-state index in [1.165, 1.54) is 84.1 Å². The van der Waals surface area contributed by atoms with Crippen LogP contribution in [-0.2, 0) is 47.6 Å². The highest BCUT2D eigenvalue weighted by atomic mass is 16.8. The lowest BCUT2D eigenvalue weighted by molar-refractivity contribution is -0.388. The Morgan fingerprint density at radius 1 is 0.746 bits per heavy atom. The Kier molecular flexibility index (Phi) is 26.8. The number of likely N-dealkylation sites (N-methyl/N-ethyl adjacent to an activating group) is 1. The number of hydrogen-bond donors (Lipinski definition) is 12. The summed E-state index contributed by atoms with van der Waals surface area (Å²) in [6.45, 7) is -0.0354. The van der Waals surface area contributed by atoms with Crippen molar-refractivity contribution in [1.29, 1.82) is 0 Å². The van der Waals surface area contributed by atoms with E-state index < -0.39 is 148 Å². The molecule has 3 rings (SSSR count). The second-order valence-electron chi connectivity index (χ2n) is 17.8. The number of rotatable bonds is 32. The van der Waals surface area contributed by atoms with E-state index in [2.05, 4.69) is 12.2 Å². The first-order chi connectivity index (χ1) is 32.0. The van der Waals surface area contributed by atoms with E-state index >= 15 is 0 Å². The molecule has 3 saturated heterocycles. The Balaban J connectivity index is 1.51.